The van der Waals surface area contributed by atoms with Gasteiger partial charge in [-0.15, -0.1) is 24.0 Å². The first-order valence-corrected chi connectivity index (χ1v) is 9.64. The molecule has 0 saturated carbocycles. The van der Waals surface area contributed by atoms with Gasteiger partial charge in [-0.2, -0.15) is 0 Å². The van der Waals surface area contributed by atoms with Gasteiger partial charge in [0.25, 0.3) is 0 Å². The fraction of sp³-hybridized carbons (Fsp3) is 0.429. The number of halogens is 2. The third-order valence-electron chi connectivity index (χ3n) is 4.68. The maximum Gasteiger partial charge on any atom is 0.191 e. The number of nitrogens with one attached hydrogen (secondary N) is 2. The number of aryl methyl sites for hydroxylation is 1. The second kappa shape index (κ2) is 11.2. The van der Waals surface area contributed by atoms with Gasteiger partial charge in [-0.05, 0) is 55.7 Å². The quantitative estimate of drug-likeness (QED) is 0.352. The topological polar surface area (TPSA) is 61.8 Å². The molecule has 158 valence electrons. The van der Waals surface area contributed by atoms with E-state index in [0.717, 1.165) is 42.3 Å². The summed E-state index contributed by atoms with van der Waals surface area (Å²) in [6.07, 6.45) is 2.53. The largest absolute Gasteiger partial charge is 0.497 e. The molecule has 1 aliphatic heterocycles. The number of rotatable bonds is 6. The number of hydrogen-bond acceptors (Lipinski definition) is 4. The summed E-state index contributed by atoms with van der Waals surface area (Å²) in [5, 5.41) is 6.75. The second-order valence-electron chi connectivity index (χ2n) is 6.94. The van der Waals surface area contributed by atoms with Crippen LogP contribution in [0.4, 0.5) is 10.2 Å². The zero-order chi connectivity index (χ0) is 19.9. The molecule has 1 aromatic carbocycles. The molecule has 8 heteroatoms. The average Bonchev–Trinajstić information content (AvgIpc) is 3.14. The molecule has 1 aliphatic rings. The summed E-state index contributed by atoms with van der Waals surface area (Å²) in [5.74, 6) is 1.74. The Morgan fingerprint density at radius 2 is 2.21 bits per heavy atom. The van der Waals surface area contributed by atoms with Gasteiger partial charge in [0.05, 0.1) is 13.7 Å². The van der Waals surface area contributed by atoms with Crippen molar-refractivity contribution in [2.45, 2.75) is 32.9 Å². The average molecular weight is 513 g/mol. The van der Waals surface area contributed by atoms with Gasteiger partial charge in [0.1, 0.15) is 5.75 Å². The Morgan fingerprint density at radius 1 is 1.38 bits per heavy atom. The van der Waals surface area contributed by atoms with Crippen molar-refractivity contribution in [1.29, 1.82) is 0 Å². The van der Waals surface area contributed by atoms with Crippen LogP contribution in [0, 0.1) is 12.7 Å². The van der Waals surface area contributed by atoms with E-state index >= 15 is 0 Å². The number of guanidine groups is 1. The molecular weight excluding hydrogens is 484 g/mol. The molecule has 29 heavy (non-hydrogen) atoms. The van der Waals surface area contributed by atoms with Gasteiger partial charge in [-0.1, -0.05) is 6.07 Å². The second-order valence-corrected chi connectivity index (χ2v) is 6.94. The summed E-state index contributed by atoms with van der Waals surface area (Å²) in [6, 6.07) is 9.36. The standard InChI is InChI=1S/C21H28FN5O.HI/c1-4-23-21(25-13-16-10-15(2)11-18(12-16)28-3)26-17-7-9-27(14-17)20-19(22)6-5-8-24-20;/h5-6,8,10-12,17H,4,7,9,13-14H2,1-3H3,(H2,23,25,26);1H. The molecular formula is C21H29FIN5O. The molecule has 2 aromatic rings. The molecule has 2 N–H and O–H groups in total. The van der Waals surface area contributed by atoms with Crippen LogP contribution in [-0.4, -0.2) is 43.7 Å². The van der Waals surface area contributed by atoms with Crippen molar-refractivity contribution in [1.82, 2.24) is 15.6 Å². The number of methoxy groups -OCH3 is 1. The predicted molar refractivity (Wildman–Crippen MR) is 126 cm³/mol. The summed E-state index contributed by atoms with van der Waals surface area (Å²) in [7, 11) is 1.67. The van der Waals surface area contributed by atoms with Gasteiger partial charge in [0.2, 0.25) is 0 Å². The number of anilines is 1. The van der Waals surface area contributed by atoms with Crippen molar-refractivity contribution in [2.75, 3.05) is 31.6 Å². The van der Waals surface area contributed by atoms with E-state index in [-0.39, 0.29) is 35.8 Å². The zero-order valence-corrected chi connectivity index (χ0v) is 19.4. The fourth-order valence-corrected chi connectivity index (χ4v) is 3.40. The summed E-state index contributed by atoms with van der Waals surface area (Å²) in [4.78, 5) is 10.9. The first-order valence-electron chi connectivity index (χ1n) is 9.64. The van der Waals surface area contributed by atoms with Gasteiger partial charge in [-0.3, -0.25) is 0 Å². The van der Waals surface area contributed by atoms with Crippen LogP contribution in [0.25, 0.3) is 0 Å². The predicted octanol–water partition coefficient (Wildman–Crippen LogP) is 3.49. The lowest BCUT2D eigenvalue weighted by Crippen LogP contribution is -2.44. The molecule has 1 unspecified atom stereocenters. The summed E-state index contributed by atoms with van der Waals surface area (Å²) in [6.45, 7) is 6.86. The SMILES string of the molecule is CCNC(=NCc1cc(C)cc(OC)c1)NC1CCN(c2ncccc2F)C1.I. The number of benzene rings is 1. The van der Waals surface area contributed by atoms with Crippen LogP contribution < -0.4 is 20.3 Å². The molecule has 1 saturated heterocycles. The number of aliphatic imine (C=N–C) groups is 1. The first kappa shape index (κ1) is 23.2. The molecule has 0 spiro atoms. The molecule has 1 aromatic heterocycles. The highest BCUT2D eigenvalue weighted by Crippen LogP contribution is 2.21. The van der Waals surface area contributed by atoms with Gasteiger partial charge in [-0.25, -0.2) is 14.4 Å². The molecule has 6 nitrogen and oxygen atoms in total. The Bertz CT molecular complexity index is 832. The minimum atomic E-state index is -0.280. The number of hydrogen-bond donors (Lipinski definition) is 2. The van der Waals surface area contributed by atoms with E-state index in [4.69, 9.17) is 9.73 Å². The lowest BCUT2D eigenvalue weighted by atomic mass is 10.1. The Hall–Kier alpha value is -2.10. The van der Waals surface area contributed by atoms with E-state index in [0.29, 0.717) is 18.9 Å². The third-order valence-corrected chi connectivity index (χ3v) is 4.68. The molecule has 0 bridgehead atoms. The Kier molecular flexibility index (Phi) is 8.94. The van der Waals surface area contributed by atoms with Crippen LogP contribution in [-0.2, 0) is 6.54 Å². The number of ether oxygens (including phenoxy) is 1. The van der Waals surface area contributed by atoms with Crippen LogP contribution in [0.5, 0.6) is 5.75 Å². The summed E-state index contributed by atoms with van der Waals surface area (Å²) in [5.41, 5.74) is 2.24. The summed E-state index contributed by atoms with van der Waals surface area (Å²) >= 11 is 0. The van der Waals surface area contributed by atoms with Crippen LogP contribution in [0.15, 0.2) is 41.5 Å². The zero-order valence-electron chi connectivity index (χ0n) is 17.1. The lowest BCUT2D eigenvalue weighted by Gasteiger charge is -2.20. The third kappa shape index (κ3) is 6.45. The normalized spacial score (nSPS) is 16.3. The molecule has 0 amide bonds. The van der Waals surface area contributed by atoms with Gasteiger partial charge >= 0.3 is 0 Å². The van der Waals surface area contributed by atoms with Crippen molar-refractivity contribution >= 4 is 35.8 Å². The van der Waals surface area contributed by atoms with Crippen molar-refractivity contribution < 1.29 is 9.13 Å². The van der Waals surface area contributed by atoms with E-state index in [1.807, 2.05) is 30.9 Å². The lowest BCUT2D eigenvalue weighted by molar-refractivity contribution is 0.414. The van der Waals surface area contributed by atoms with Crippen LogP contribution >= 0.6 is 24.0 Å². The number of aromatic nitrogens is 1. The molecule has 2 heterocycles. The summed E-state index contributed by atoms with van der Waals surface area (Å²) < 4.78 is 19.3. The fourth-order valence-electron chi connectivity index (χ4n) is 3.40. The van der Waals surface area contributed by atoms with E-state index in [1.54, 1.807) is 19.4 Å². The highest BCUT2D eigenvalue weighted by Gasteiger charge is 2.25. The number of nitrogens with zero attached hydrogens (tertiary/aromatic N) is 3. The van der Waals surface area contributed by atoms with E-state index in [2.05, 4.69) is 21.7 Å². The monoisotopic (exact) mass is 513 g/mol. The maximum atomic E-state index is 14.0. The Morgan fingerprint density at radius 3 is 2.93 bits per heavy atom. The van der Waals surface area contributed by atoms with Gasteiger partial charge in [0.15, 0.2) is 17.6 Å². The highest BCUT2D eigenvalue weighted by molar-refractivity contribution is 14.0. The molecule has 0 radical (unpaired) electrons. The molecule has 1 atom stereocenters. The minimum Gasteiger partial charge on any atom is -0.497 e. The van der Waals surface area contributed by atoms with E-state index < -0.39 is 0 Å². The van der Waals surface area contributed by atoms with Crippen LogP contribution in [0.2, 0.25) is 0 Å². The van der Waals surface area contributed by atoms with Crippen molar-refractivity contribution in [3.8, 4) is 5.75 Å². The van der Waals surface area contributed by atoms with E-state index in [1.165, 1.54) is 6.07 Å². The number of pyridine rings is 1. The Labute approximate surface area is 189 Å². The molecule has 1 fully saturated rings. The van der Waals surface area contributed by atoms with Crippen LogP contribution in [0.3, 0.4) is 0 Å². The van der Waals surface area contributed by atoms with Crippen LogP contribution in [0.1, 0.15) is 24.5 Å². The highest BCUT2D eigenvalue weighted by atomic mass is 127. The minimum absolute atomic E-state index is 0. The Balaban J connectivity index is 0.00000300. The van der Waals surface area contributed by atoms with Crippen molar-refractivity contribution in [3.63, 3.8) is 0 Å². The molecule has 3 rings (SSSR count). The van der Waals surface area contributed by atoms with Crippen molar-refractivity contribution in [3.05, 3.63) is 53.5 Å². The van der Waals surface area contributed by atoms with Gasteiger partial charge in [0, 0.05) is 31.9 Å². The van der Waals surface area contributed by atoms with Gasteiger partial charge < -0.3 is 20.3 Å². The van der Waals surface area contributed by atoms with Crippen molar-refractivity contribution in [2.24, 2.45) is 4.99 Å². The maximum absolute atomic E-state index is 14.0. The molecule has 0 aliphatic carbocycles. The smallest absolute Gasteiger partial charge is 0.191 e. The van der Waals surface area contributed by atoms with E-state index in [9.17, 15) is 4.39 Å². The first-order chi connectivity index (χ1) is 13.6.